The SMILES string of the molecule is CC(C)Oc1ccnc(Nc2cc3c(c(-c4cnc(C5(O)CCC(C(=O)O)CC5)s4)c2)OC(C)(C)C(=O)N3)n1. The molecule has 1 saturated carbocycles. The summed E-state index contributed by atoms with van der Waals surface area (Å²) in [6.45, 7) is 7.20. The highest BCUT2D eigenvalue weighted by molar-refractivity contribution is 7.15. The van der Waals surface area contributed by atoms with Crippen molar-refractivity contribution >= 4 is 40.5 Å². The van der Waals surface area contributed by atoms with E-state index >= 15 is 0 Å². The fraction of sp³-hybridized carbons (Fsp3) is 0.444. The highest BCUT2D eigenvalue weighted by Gasteiger charge is 2.40. The lowest BCUT2D eigenvalue weighted by Crippen LogP contribution is -2.45. The van der Waals surface area contributed by atoms with Crippen LogP contribution in [0.3, 0.4) is 0 Å². The molecule has 11 nitrogen and oxygen atoms in total. The molecule has 4 N–H and O–H groups in total. The molecule has 1 aliphatic carbocycles. The van der Waals surface area contributed by atoms with Crippen LogP contribution in [0.5, 0.6) is 11.6 Å². The van der Waals surface area contributed by atoms with Crippen LogP contribution in [0, 0.1) is 5.92 Å². The minimum atomic E-state index is -1.19. The number of thiazole rings is 1. The third kappa shape index (κ3) is 5.52. The lowest BCUT2D eigenvalue weighted by molar-refractivity contribution is -0.145. The van der Waals surface area contributed by atoms with Crippen LogP contribution in [-0.4, -0.2) is 48.7 Å². The number of aliphatic hydroxyl groups is 1. The van der Waals surface area contributed by atoms with Crippen LogP contribution in [0.2, 0.25) is 0 Å². The Labute approximate surface area is 229 Å². The van der Waals surface area contributed by atoms with Gasteiger partial charge >= 0.3 is 5.97 Å². The van der Waals surface area contributed by atoms with Crippen LogP contribution in [0.4, 0.5) is 17.3 Å². The summed E-state index contributed by atoms with van der Waals surface area (Å²) < 4.78 is 11.8. The zero-order chi connectivity index (χ0) is 27.9. The largest absolute Gasteiger partial charge is 0.481 e. The lowest BCUT2D eigenvalue weighted by Gasteiger charge is -2.33. The Kier molecular flexibility index (Phi) is 6.93. The summed E-state index contributed by atoms with van der Waals surface area (Å²) in [5, 5.41) is 27.3. The summed E-state index contributed by atoms with van der Waals surface area (Å²) in [5.74, 6) is -0.338. The molecular weight excluding hydrogens is 522 g/mol. The molecule has 5 rings (SSSR count). The van der Waals surface area contributed by atoms with Crippen molar-refractivity contribution in [1.82, 2.24) is 15.0 Å². The standard InChI is InChI=1S/C27H31N5O6S/c1-14(2)37-20-7-10-28-25(32-20)30-16-11-17(21-18(12-16)31-23(35)26(3,4)38-21)19-13-29-24(39-19)27(36)8-5-15(6-9-27)22(33)34/h7,10-15,36H,5-6,8-9H2,1-4H3,(H,31,35)(H,33,34)(H,28,30,32). The van der Waals surface area contributed by atoms with Crippen molar-refractivity contribution in [3.8, 4) is 22.1 Å². The Morgan fingerprint density at radius 1 is 1.26 bits per heavy atom. The summed E-state index contributed by atoms with van der Waals surface area (Å²) in [5.41, 5.74) is -0.536. The monoisotopic (exact) mass is 553 g/mol. The first-order valence-corrected chi connectivity index (χ1v) is 13.6. The number of carboxylic acid groups (broad SMARTS) is 1. The molecule has 0 atom stereocenters. The normalized spacial score (nSPS) is 22.0. The number of aliphatic carboxylic acids is 1. The van der Waals surface area contributed by atoms with Crippen molar-refractivity contribution < 1.29 is 29.3 Å². The fourth-order valence-corrected chi connectivity index (χ4v) is 5.74. The minimum absolute atomic E-state index is 0.0478. The predicted octanol–water partition coefficient (Wildman–Crippen LogP) is 4.70. The first-order chi connectivity index (χ1) is 18.4. The molecule has 2 aromatic heterocycles. The van der Waals surface area contributed by atoms with E-state index in [0.717, 1.165) is 4.88 Å². The number of carbonyl (C=O) groups is 2. The number of carboxylic acids is 1. The van der Waals surface area contributed by atoms with E-state index in [-0.39, 0.29) is 12.0 Å². The van der Waals surface area contributed by atoms with E-state index in [1.54, 1.807) is 38.4 Å². The number of hydrogen-bond donors (Lipinski definition) is 4. The minimum Gasteiger partial charge on any atom is -0.481 e. The van der Waals surface area contributed by atoms with Gasteiger partial charge in [0.25, 0.3) is 5.91 Å². The van der Waals surface area contributed by atoms with Gasteiger partial charge < -0.3 is 30.3 Å². The Bertz CT molecular complexity index is 1410. The zero-order valence-electron chi connectivity index (χ0n) is 22.1. The molecule has 0 radical (unpaired) electrons. The van der Waals surface area contributed by atoms with Gasteiger partial charge in [0.2, 0.25) is 11.8 Å². The molecule has 1 aromatic carbocycles. The highest BCUT2D eigenvalue weighted by Crippen LogP contribution is 2.48. The van der Waals surface area contributed by atoms with E-state index in [0.29, 0.717) is 65.2 Å². The average molecular weight is 554 g/mol. The molecule has 0 unspecified atom stereocenters. The summed E-state index contributed by atoms with van der Waals surface area (Å²) >= 11 is 1.32. The molecule has 0 spiro atoms. The number of benzene rings is 1. The Balaban J connectivity index is 1.50. The van der Waals surface area contributed by atoms with E-state index in [2.05, 4.69) is 25.6 Å². The Morgan fingerprint density at radius 3 is 2.69 bits per heavy atom. The molecule has 39 heavy (non-hydrogen) atoms. The highest BCUT2D eigenvalue weighted by atomic mass is 32.1. The number of anilines is 3. The van der Waals surface area contributed by atoms with E-state index in [1.807, 2.05) is 19.9 Å². The summed E-state index contributed by atoms with van der Waals surface area (Å²) in [6, 6.07) is 5.27. The van der Waals surface area contributed by atoms with Crippen molar-refractivity contribution in [2.75, 3.05) is 10.6 Å². The molecule has 3 heterocycles. The molecule has 1 aliphatic heterocycles. The van der Waals surface area contributed by atoms with Crippen LogP contribution in [0.15, 0.2) is 30.6 Å². The summed E-state index contributed by atoms with van der Waals surface area (Å²) in [6.07, 6.45) is 4.63. The number of carbonyl (C=O) groups excluding carboxylic acids is 1. The molecule has 1 amide bonds. The van der Waals surface area contributed by atoms with Crippen LogP contribution < -0.4 is 20.1 Å². The second-order valence-corrected chi connectivity index (χ2v) is 11.7. The number of nitrogens with zero attached hydrogens (tertiary/aromatic N) is 3. The van der Waals surface area contributed by atoms with Crippen molar-refractivity contribution in [3.63, 3.8) is 0 Å². The van der Waals surface area contributed by atoms with Crippen molar-refractivity contribution in [3.05, 3.63) is 35.6 Å². The number of amides is 1. The van der Waals surface area contributed by atoms with E-state index in [9.17, 15) is 19.8 Å². The summed E-state index contributed by atoms with van der Waals surface area (Å²) in [7, 11) is 0. The van der Waals surface area contributed by atoms with Gasteiger partial charge in [-0.2, -0.15) is 4.98 Å². The van der Waals surface area contributed by atoms with Crippen molar-refractivity contribution in [2.24, 2.45) is 5.92 Å². The zero-order valence-corrected chi connectivity index (χ0v) is 23.0. The van der Waals surface area contributed by atoms with Crippen molar-refractivity contribution in [2.45, 2.75) is 70.7 Å². The van der Waals surface area contributed by atoms with Gasteiger partial charge in [-0.3, -0.25) is 9.59 Å². The van der Waals surface area contributed by atoms with Gasteiger partial charge in [-0.05, 0) is 65.5 Å². The number of aromatic nitrogens is 3. The maximum Gasteiger partial charge on any atom is 0.306 e. The Morgan fingerprint density at radius 2 is 2.00 bits per heavy atom. The number of hydrogen-bond acceptors (Lipinski definition) is 10. The van der Waals surface area contributed by atoms with Gasteiger partial charge in [0, 0.05) is 29.7 Å². The summed E-state index contributed by atoms with van der Waals surface area (Å²) in [4.78, 5) is 38.0. The third-order valence-electron chi connectivity index (χ3n) is 6.82. The molecule has 3 aromatic rings. The first-order valence-electron chi connectivity index (χ1n) is 12.8. The van der Waals surface area contributed by atoms with Gasteiger partial charge in [0.15, 0.2) is 11.4 Å². The molecule has 1 fully saturated rings. The van der Waals surface area contributed by atoms with E-state index in [1.165, 1.54) is 11.3 Å². The topological polar surface area (TPSA) is 156 Å². The number of ether oxygens (including phenoxy) is 2. The molecule has 0 saturated heterocycles. The van der Waals surface area contributed by atoms with Gasteiger partial charge in [0.05, 0.1) is 22.6 Å². The smallest absolute Gasteiger partial charge is 0.306 e. The molecule has 12 heteroatoms. The third-order valence-corrected chi connectivity index (χ3v) is 8.04. The van der Waals surface area contributed by atoms with Crippen LogP contribution in [-0.2, 0) is 15.2 Å². The second kappa shape index (κ2) is 10.1. The van der Waals surface area contributed by atoms with Gasteiger partial charge in [-0.15, -0.1) is 11.3 Å². The number of fused-ring (bicyclic) bond motifs is 1. The van der Waals surface area contributed by atoms with Gasteiger partial charge in [0.1, 0.15) is 10.6 Å². The average Bonchev–Trinajstić information content (AvgIpc) is 3.36. The lowest BCUT2D eigenvalue weighted by atomic mass is 9.79. The first kappa shape index (κ1) is 26.8. The molecular formula is C27H31N5O6S. The van der Waals surface area contributed by atoms with Crippen LogP contribution in [0.25, 0.3) is 10.4 Å². The Hall–Kier alpha value is -3.77. The predicted molar refractivity (Wildman–Crippen MR) is 145 cm³/mol. The quantitative estimate of drug-likeness (QED) is 0.323. The van der Waals surface area contributed by atoms with Gasteiger partial charge in [-0.25, -0.2) is 9.97 Å². The second-order valence-electron chi connectivity index (χ2n) is 10.7. The maximum atomic E-state index is 12.7. The van der Waals surface area contributed by atoms with E-state index < -0.39 is 23.1 Å². The molecule has 206 valence electrons. The van der Waals surface area contributed by atoms with E-state index in [4.69, 9.17) is 9.47 Å². The van der Waals surface area contributed by atoms with Crippen LogP contribution in [0.1, 0.15) is 58.4 Å². The molecule has 0 bridgehead atoms. The molecule has 2 aliphatic rings. The van der Waals surface area contributed by atoms with Crippen LogP contribution >= 0.6 is 11.3 Å². The number of nitrogens with one attached hydrogen (secondary N) is 2. The maximum absolute atomic E-state index is 12.7. The number of rotatable bonds is 7. The fourth-order valence-electron chi connectivity index (χ4n) is 4.67. The van der Waals surface area contributed by atoms with Gasteiger partial charge in [-0.1, -0.05) is 0 Å². The van der Waals surface area contributed by atoms with Crippen molar-refractivity contribution in [1.29, 1.82) is 0 Å².